The van der Waals surface area contributed by atoms with Gasteiger partial charge in [0, 0.05) is 17.2 Å². The highest BCUT2D eigenvalue weighted by Crippen LogP contribution is 2.28. The van der Waals surface area contributed by atoms with Crippen LogP contribution in [0.3, 0.4) is 0 Å². The third-order valence-electron chi connectivity index (χ3n) is 2.34. The van der Waals surface area contributed by atoms with Crippen molar-refractivity contribution in [3.8, 4) is 0 Å². The van der Waals surface area contributed by atoms with E-state index in [2.05, 4.69) is 5.32 Å². The number of nitrogens with one attached hydrogen (secondary N) is 1. The van der Waals surface area contributed by atoms with E-state index in [0.717, 1.165) is 17.5 Å². The molecule has 5 heteroatoms. The van der Waals surface area contributed by atoms with Gasteiger partial charge in [-0.15, -0.1) is 0 Å². The maximum atomic E-state index is 11.3. The van der Waals surface area contributed by atoms with Gasteiger partial charge in [-0.2, -0.15) is 0 Å². The number of hydrogen-bond donors (Lipinski definition) is 1. The highest BCUT2D eigenvalue weighted by Gasteiger charge is 2.29. The maximum Gasteiger partial charge on any atom is 0.252 e. The van der Waals surface area contributed by atoms with E-state index in [1.54, 1.807) is 6.07 Å². The predicted octanol–water partition coefficient (Wildman–Crippen LogP) is 1.40. The SMILES string of the molecule is O=S(=O)(Cl)C1NCCc2ccccc21. The highest BCUT2D eigenvalue weighted by molar-refractivity contribution is 8.13. The Labute approximate surface area is 87.5 Å². The summed E-state index contributed by atoms with van der Waals surface area (Å²) in [4.78, 5) is 0. The average Bonchev–Trinajstić information content (AvgIpc) is 2.15. The summed E-state index contributed by atoms with van der Waals surface area (Å²) in [7, 11) is 1.77. The van der Waals surface area contributed by atoms with Gasteiger partial charge in [0.1, 0.15) is 0 Å². The van der Waals surface area contributed by atoms with Crippen molar-refractivity contribution < 1.29 is 8.42 Å². The Balaban J connectivity index is 2.51. The first-order valence-corrected chi connectivity index (χ1v) is 6.71. The molecule has 0 spiro atoms. The summed E-state index contributed by atoms with van der Waals surface area (Å²) in [6, 6.07) is 7.46. The molecule has 1 heterocycles. The van der Waals surface area contributed by atoms with Crippen molar-refractivity contribution in [3.63, 3.8) is 0 Å². The Morgan fingerprint density at radius 3 is 2.79 bits per heavy atom. The largest absolute Gasteiger partial charge is 0.296 e. The monoisotopic (exact) mass is 231 g/mol. The smallest absolute Gasteiger partial charge is 0.252 e. The van der Waals surface area contributed by atoms with Crippen molar-refractivity contribution in [2.45, 2.75) is 11.8 Å². The quantitative estimate of drug-likeness (QED) is 0.744. The molecule has 1 aromatic carbocycles. The zero-order valence-electron chi connectivity index (χ0n) is 7.40. The normalized spacial score (nSPS) is 21.6. The third-order valence-corrected chi connectivity index (χ3v) is 3.86. The van der Waals surface area contributed by atoms with Gasteiger partial charge in [-0.1, -0.05) is 24.3 Å². The molecule has 1 aliphatic rings. The molecule has 0 aliphatic carbocycles. The molecule has 1 N–H and O–H groups in total. The molecule has 0 radical (unpaired) electrons. The zero-order valence-corrected chi connectivity index (χ0v) is 8.98. The van der Waals surface area contributed by atoms with E-state index < -0.39 is 14.4 Å². The van der Waals surface area contributed by atoms with Crippen LogP contribution in [0.1, 0.15) is 16.5 Å². The number of hydrogen-bond acceptors (Lipinski definition) is 3. The molecule has 0 aromatic heterocycles. The van der Waals surface area contributed by atoms with E-state index in [-0.39, 0.29) is 0 Å². The van der Waals surface area contributed by atoms with Crippen molar-refractivity contribution in [3.05, 3.63) is 35.4 Å². The second-order valence-corrected chi connectivity index (χ2v) is 5.97. The van der Waals surface area contributed by atoms with Crippen molar-refractivity contribution >= 4 is 19.7 Å². The van der Waals surface area contributed by atoms with E-state index in [4.69, 9.17) is 10.7 Å². The van der Waals surface area contributed by atoms with Crippen LogP contribution in [0.15, 0.2) is 24.3 Å². The van der Waals surface area contributed by atoms with Crippen LogP contribution in [0.2, 0.25) is 0 Å². The van der Waals surface area contributed by atoms with Crippen LogP contribution in [0.4, 0.5) is 0 Å². The second kappa shape index (κ2) is 3.53. The zero-order chi connectivity index (χ0) is 10.2. The molecule has 1 aliphatic heterocycles. The molecule has 0 saturated heterocycles. The molecule has 0 amide bonds. The average molecular weight is 232 g/mol. The summed E-state index contributed by atoms with van der Waals surface area (Å²) >= 11 is 0. The minimum absolute atomic E-state index is 0.646. The minimum Gasteiger partial charge on any atom is -0.296 e. The lowest BCUT2D eigenvalue weighted by Gasteiger charge is -2.24. The highest BCUT2D eigenvalue weighted by atomic mass is 35.7. The number of fused-ring (bicyclic) bond motifs is 1. The Hall–Kier alpha value is -0.580. The van der Waals surface area contributed by atoms with E-state index in [1.165, 1.54) is 0 Å². The first-order chi connectivity index (χ1) is 6.59. The summed E-state index contributed by atoms with van der Waals surface area (Å²) in [5.41, 5.74) is 1.83. The Bertz CT molecular complexity index is 444. The van der Waals surface area contributed by atoms with Gasteiger partial charge in [0.2, 0.25) is 0 Å². The molecule has 0 fully saturated rings. The van der Waals surface area contributed by atoms with E-state index in [9.17, 15) is 8.42 Å². The minimum atomic E-state index is -3.58. The van der Waals surface area contributed by atoms with Crippen LogP contribution in [0.5, 0.6) is 0 Å². The fraction of sp³-hybridized carbons (Fsp3) is 0.333. The van der Waals surface area contributed by atoms with Gasteiger partial charge in [0.25, 0.3) is 9.05 Å². The van der Waals surface area contributed by atoms with Gasteiger partial charge in [-0.3, -0.25) is 5.32 Å². The molecule has 76 valence electrons. The Kier molecular flexibility index (Phi) is 2.51. The van der Waals surface area contributed by atoms with Crippen LogP contribution in [0.25, 0.3) is 0 Å². The fourth-order valence-corrected chi connectivity index (χ4v) is 3.04. The summed E-state index contributed by atoms with van der Waals surface area (Å²) < 4.78 is 22.5. The summed E-state index contributed by atoms with van der Waals surface area (Å²) in [5.74, 6) is 0. The second-order valence-electron chi connectivity index (χ2n) is 3.26. The molecule has 1 atom stereocenters. The summed E-state index contributed by atoms with van der Waals surface area (Å²) in [5, 5.41) is 2.14. The Morgan fingerprint density at radius 1 is 1.36 bits per heavy atom. The van der Waals surface area contributed by atoms with Crippen LogP contribution in [-0.2, 0) is 15.5 Å². The van der Waals surface area contributed by atoms with Crippen molar-refractivity contribution in [2.75, 3.05) is 6.54 Å². The number of rotatable bonds is 1. The fourth-order valence-electron chi connectivity index (χ4n) is 1.72. The van der Waals surface area contributed by atoms with Crippen molar-refractivity contribution in [1.29, 1.82) is 0 Å². The van der Waals surface area contributed by atoms with Crippen LogP contribution in [-0.4, -0.2) is 15.0 Å². The van der Waals surface area contributed by atoms with E-state index >= 15 is 0 Å². The van der Waals surface area contributed by atoms with Gasteiger partial charge in [-0.05, 0) is 17.5 Å². The summed E-state index contributed by atoms with van der Waals surface area (Å²) in [6.45, 7) is 0.646. The molecular weight excluding hydrogens is 222 g/mol. The maximum absolute atomic E-state index is 11.3. The number of halogens is 1. The first kappa shape index (κ1) is 9.96. The molecular formula is C9H10ClNO2S. The van der Waals surface area contributed by atoms with Crippen molar-refractivity contribution in [1.82, 2.24) is 5.32 Å². The topological polar surface area (TPSA) is 46.2 Å². The van der Waals surface area contributed by atoms with Crippen molar-refractivity contribution in [2.24, 2.45) is 0 Å². The van der Waals surface area contributed by atoms with Crippen LogP contribution < -0.4 is 5.32 Å². The summed E-state index contributed by atoms with van der Waals surface area (Å²) in [6.07, 6.45) is 0.846. The van der Waals surface area contributed by atoms with Gasteiger partial charge in [-0.25, -0.2) is 8.42 Å². The molecule has 0 bridgehead atoms. The number of benzene rings is 1. The van der Waals surface area contributed by atoms with E-state index in [1.807, 2.05) is 18.2 Å². The lowest BCUT2D eigenvalue weighted by atomic mass is 10.0. The first-order valence-electron chi connectivity index (χ1n) is 4.34. The standard InChI is InChI=1S/C9H10ClNO2S/c10-14(12,13)9-8-4-2-1-3-7(8)5-6-11-9/h1-4,9,11H,5-6H2. The Morgan fingerprint density at radius 2 is 2.07 bits per heavy atom. The lowest BCUT2D eigenvalue weighted by molar-refractivity contribution is 0.554. The molecule has 0 saturated carbocycles. The van der Waals surface area contributed by atoms with Gasteiger partial charge in [0.05, 0.1) is 0 Å². The van der Waals surface area contributed by atoms with E-state index in [0.29, 0.717) is 6.54 Å². The molecule has 3 nitrogen and oxygen atoms in total. The molecule has 2 rings (SSSR count). The lowest BCUT2D eigenvalue weighted by Crippen LogP contribution is -2.33. The third kappa shape index (κ3) is 1.78. The van der Waals surface area contributed by atoms with Gasteiger partial charge < -0.3 is 0 Å². The molecule has 1 aromatic rings. The predicted molar refractivity (Wildman–Crippen MR) is 55.7 cm³/mol. The molecule has 14 heavy (non-hydrogen) atoms. The van der Waals surface area contributed by atoms with Crippen LogP contribution >= 0.6 is 10.7 Å². The molecule has 1 unspecified atom stereocenters. The van der Waals surface area contributed by atoms with Crippen LogP contribution in [0, 0.1) is 0 Å². The van der Waals surface area contributed by atoms with Gasteiger partial charge in [0.15, 0.2) is 5.37 Å². The van der Waals surface area contributed by atoms with Gasteiger partial charge >= 0.3 is 0 Å².